The fourth-order valence-electron chi connectivity index (χ4n) is 2.01. The molecule has 0 unspecified atom stereocenters. The lowest BCUT2D eigenvalue weighted by Gasteiger charge is -2.17. The van der Waals surface area contributed by atoms with Gasteiger partial charge >= 0.3 is 0 Å². The Morgan fingerprint density at radius 1 is 1.30 bits per heavy atom. The smallest absolute Gasteiger partial charge is 0.230 e. The third-order valence-electron chi connectivity index (χ3n) is 3.06. The van der Waals surface area contributed by atoms with E-state index in [9.17, 15) is 4.79 Å². The minimum atomic E-state index is 0.110. The van der Waals surface area contributed by atoms with E-state index in [2.05, 4.69) is 54.7 Å². The first kappa shape index (κ1) is 20.4. The Bertz CT molecular complexity index is 495. The van der Waals surface area contributed by atoms with Crippen LogP contribution in [0.2, 0.25) is 0 Å². The summed E-state index contributed by atoms with van der Waals surface area (Å²) in [5.74, 6) is 2.20. The van der Waals surface area contributed by atoms with Gasteiger partial charge < -0.3 is 9.88 Å². The minimum absolute atomic E-state index is 0.110. The number of carbonyl (C=O) groups is 1. The molecule has 1 amide bonds. The van der Waals surface area contributed by atoms with Crippen molar-refractivity contribution in [2.45, 2.75) is 63.9 Å². The van der Waals surface area contributed by atoms with Crippen LogP contribution in [0.1, 0.15) is 46.9 Å². The monoisotopic (exact) mass is 358 g/mol. The first-order chi connectivity index (χ1) is 10.7. The molecule has 0 aliphatic heterocycles. The zero-order chi connectivity index (χ0) is 17.5. The average Bonchev–Trinajstić information content (AvgIpc) is 2.82. The summed E-state index contributed by atoms with van der Waals surface area (Å²) in [6.07, 6.45) is 3.75. The van der Waals surface area contributed by atoms with Gasteiger partial charge in [0.25, 0.3) is 0 Å². The van der Waals surface area contributed by atoms with E-state index in [1.54, 1.807) is 23.5 Å². The van der Waals surface area contributed by atoms with Crippen LogP contribution in [0, 0.1) is 5.92 Å². The largest absolute Gasteiger partial charge is 0.355 e. The maximum atomic E-state index is 11.8. The zero-order valence-electron chi connectivity index (χ0n) is 15.2. The molecule has 0 spiro atoms. The van der Waals surface area contributed by atoms with Gasteiger partial charge in [0.2, 0.25) is 5.91 Å². The number of hydrogen-bond donors (Lipinski definition) is 1. The van der Waals surface area contributed by atoms with Crippen LogP contribution in [-0.4, -0.2) is 44.0 Å². The standard InChI is InChI=1S/C16H30N4OS2/c1-12(2)10-20-13(18-19-15(20)22-6)8-7-9-17-14(21)11-23-16(3,4)5/h12H,7-11H2,1-6H3,(H,17,21). The molecule has 7 heteroatoms. The van der Waals surface area contributed by atoms with Crippen LogP contribution in [0.3, 0.4) is 0 Å². The number of hydrogen-bond acceptors (Lipinski definition) is 5. The first-order valence-electron chi connectivity index (χ1n) is 8.09. The van der Waals surface area contributed by atoms with Crippen molar-refractivity contribution >= 4 is 29.4 Å². The maximum Gasteiger partial charge on any atom is 0.230 e. The SMILES string of the molecule is CSc1nnc(CCCNC(=O)CSC(C)(C)C)n1CC(C)C. The second-order valence-corrected chi connectivity index (χ2v) is 9.54. The molecule has 0 aliphatic carbocycles. The van der Waals surface area contributed by atoms with Gasteiger partial charge in [0.05, 0.1) is 5.75 Å². The Labute approximate surface area is 148 Å². The molecule has 1 N–H and O–H groups in total. The summed E-state index contributed by atoms with van der Waals surface area (Å²) in [7, 11) is 0. The molecular formula is C16H30N4OS2. The highest BCUT2D eigenvalue weighted by molar-refractivity contribution is 8.01. The lowest BCUT2D eigenvalue weighted by Crippen LogP contribution is -2.28. The van der Waals surface area contributed by atoms with Gasteiger partial charge in [-0.25, -0.2) is 0 Å². The number of aryl methyl sites for hydroxylation is 1. The Kier molecular flexibility index (Phi) is 8.47. The second-order valence-electron chi connectivity index (χ2n) is 6.96. The van der Waals surface area contributed by atoms with Crippen molar-refractivity contribution in [3.8, 4) is 0 Å². The molecule has 1 aromatic rings. The van der Waals surface area contributed by atoms with Crippen molar-refractivity contribution in [2.75, 3.05) is 18.6 Å². The fraction of sp³-hybridized carbons (Fsp3) is 0.812. The predicted molar refractivity (Wildman–Crippen MR) is 100 cm³/mol. The fourth-order valence-corrected chi connectivity index (χ4v) is 3.20. The van der Waals surface area contributed by atoms with Crippen molar-refractivity contribution in [2.24, 2.45) is 5.92 Å². The lowest BCUT2D eigenvalue weighted by atomic mass is 10.2. The predicted octanol–water partition coefficient (Wildman–Crippen LogP) is 3.24. The Hall–Kier alpha value is -0.690. The van der Waals surface area contributed by atoms with Gasteiger partial charge in [0, 0.05) is 24.3 Å². The van der Waals surface area contributed by atoms with Gasteiger partial charge in [-0.1, -0.05) is 46.4 Å². The van der Waals surface area contributed by atoms with E-state index < -0.39 is 0 Å². The van der Waals surface area contributed by atoms with Crippen LogP contribution >= 0.6 is 23.5 Å². The van der Waals surface area contributed by atoms with Crippen molar-refractivity contribution in [1.29, 1.82) is 0 Å². The second kappa shape index (κ2) is 9.57. The molecule has 0 saturated heterocycles. The quantitative estimate of drug-likeness (QED) is 0.542. The molecule has 1 rings (SSSR count). The first-order valence-corrected chi connectivity index (χ1v) is 10.3. The van der Waals surface area contributed by atoms with E-state index in [1.165, 1.54) is 0 Å². The molecule has 0 aromatic carbocycles. The van der Waals surface area contributed by atoms with Gasteiger partial charge in [-0.2, -0.15) is 0 Å². The average molecular weight is 359 g/mol. The van der Waals surface area contributed by atoms with Gasteiger partial charge in [0.1, 0.15) is 5.82 Å². The molecule has 132 valence electrons. The van der Waals surface area contributed by atoms with E-state index in [0.29, 0.717) is 18.2 Å². The Balaban J connectivity index is 2.38. The Morgan fingerprint density at radius 3 is 2.57 bits per heavy atom. The van der Waals surface area contributed by atoms with Crippen molar-refractivity contribution in [1.82, 2.24) is 20.1 Å². The topological polar surface area (TPSA) is 59.8 Å². The summed E-state index contributed by atoms with van der Waals surface area (Å²) in [5, 5.41) is 12.5. The van der Waals surface area contributed by atoms with Gasteiger partial charge in [-0.15, -0.1) is 22.0 Å². The highest BCUT2D eigenvalue weighted by Crippen LogP contribution is 2.22. The van der Waals surface area contributed by atoms with Crippen LogP contribution in [-0.2, 0) is 17.8 Å². The summed E-state index contributed by atoms with van der Waals surface area (Å²) < 4.78 is 2.32. The molecule has 1 heterocycles. The van der Waals surface area contributed by atoms with E-state index >= 15 is 0 Å². The van der Waals surface area contributed by atoms with Gasteiger partial charge in [-0.05, 0) is 18.6 Å². The molecule has 0 saturated carbocycles. The molecular weight excluding hydrogens is 328 g/mol. The summed E-state index contributed by atoms with van der Waals surface area (Å²) in [5.41, 5.74) is 0. The van der Waals surface area contributed by atoms with Crippen LogP contribution in [0.4, 0.5) is 0 Å². The zero-order valence-corrected chi connectivity index (χ0v) is 16.8. The minimum Gasteiger partial charge on any atom is -0.355 e. The molecule has 1 aromatic heterocycles. The van der Waals surface area contributed by atoms with Crippen molar-refractivity contribution in [3.05, 3.63) is 5.82 Å². The number of nitrogens with zero attached hydrogens (tertiary/aromatic N) is 3. The highest BCUT2D eigenvalue weighted by Gasteiger charge is 2.14. The lowest BCUT2D eigenvalue weighted by molar-refractivity contribution is -0.118. The van der Waals surface area contributed by atoms with E-state index in [0.717, 1.165) is 30.4 Å². The van der Waals surface area contributed by atoms with E-state index in [-0.39, 0.29) is 10.7 Å². The van der Waals surface area contributed by atoms with Gasteiger partial charge in [-0.3, -0.25) is 4.79 Å². The van der Waals surface area contributed by atoms with Crippen LogP contribution in [0.15, 0.2) is 5.16 Å². The molecule has 0 bridgehead atoms. The highest BCUT2D eigenvalue weighted by atomic mass is 32.2. The molecule has 0 aliphatic rings. The van der Waals surface area contributed by atoms with E-state index in [1.807, 2.05) is 6.26 Å². The summed E-state index contributed by atoms with van der Waals surface area (Å²) in [6, 6.07) is 0. The van der Waals surface area contributed by atoms with Crippen molar-refractivity contribution < 1.29 is 4.79 Å². The number of amides is 1. The summed E-state index contributed by atoms with van der Waals surface area (Å²) in [6.45, 7) is 12.4. The normalized spacial score (nSPS) is 12.0. The summed E-state index contributed by atoms with van der Waals surface area (Å²) >= 11 is 3.30. The van der Waals surface area contributed by atoms with E-state index in [4.69, 9.17) is 0 Å². The number of aromatic nitrogens is 3. The third kappa shape index (κ3) is 8.11. The number of carbonyl (C=O) groups excluding carboxylic acids is 1. The Morgan fingerprint density at radius 2 is 2.00 bits per heavy atom. The molecule has 5 nitrogen and oxygen atoms in total. The van der Waals surface area contributed by atoms with Crippen LogP contribution < -0.4 is 5.32 Å². The van der Waals surface area contributed by atoms with Crippen LogP contribution in [0.25, 0.3) is 0 Å². The number of thioether (sulfide) groups is 2. The summed E-state index contributed by atoms with van der Waals surface area (Å²) in [4.78, 5) is 11.8. The molecule has 0 radical (unpaired) electrons. The molecule has 0 fully saturated rings. The van der Waals surface area contributed by atoms with Crippen LogP contribution in [0.5, 0.6) is 0 Å². The number of nitrogens with one attached hydrogen (secondary N) is 1. The molecule has 0 atom stereocenters. The molecule has 23 heavy (non-hydrogen) atoms. The van der Waals surface area contributed by atoms with Crippen molar-refractivity contribution in [3.63, 3.8) is 0 Å². The third-order valence-corrected chi connectivity index (χ3v) is 5.00. The van der Waals surface area contributed by atoms with Gasteiger partial charge in [0.15, 0.2) is 5.16 Å². The number of rotatable bonds is 9. The maximum absolute atomic E-state index is 11.8.